The highest BCUT2D eigenvalue weighted by atomic mass is 16.4. The number of amides is 2. The van der Waals surface area contributed by atoms with Crippen molar-refractivity contribution in [3.63, 3.8) is 0 Å². The van der Waals surface area contributed by atoms with Gasteiger partial charge in [0, 0.05) is 5.56 Å². The number of carboxylic acid groups (broad SMARTS) is 1. The topological polar surface area (TPSA) is 109 Å². The fourth-order valence-electron chi connectivity index (χ4n) is 1.85. The summed E-state index contributed by atoms with van der Waals surface area (Å²) in [6.45, 7) is 2.10. The van der Waals surface area contributed by atoms with E-state index in [4.69, 9.17) is 10.8 Å². The predicted octanol–water partition coefficient (Wildman–Crippen LogP) is 1.09. The first-order valence-corrected chi connectivity index (χ1v) is 6.85. The number of hydrogen-bond acceptors (Lipinski definition) is 3. The van der Waals surface area contributed by atoms with E-state index >= 15 is 0 Å². The second kappa shape index (κ2) is 8.04. The Morgan fingerprint density at radius 2 is 1.86 bits per heavy atom. The number of benzene rings is 1. The maximum absolute atomic E-state index is 11.9. The highest BCUT2D eigenvalue weighted by molar-refractivity contribution is 5.97. The number of carbonyl (C=O) groups excluding carboxylic acids is 2. The number of nitrogens with two attached hydrogens (primary N) is 1. The van der Waals surface area contributed by atoms with Crippen molar-refractivity contribution in [3.8, 4) is 0 Å². The summed E-state index contributed by atoms with van der Waals surface area (Å²) in [5, 5.41) is 11.2. The van der Waals surface area contributed by atoms with Gasteiger partial charge >= 0.3 is 5.97 Å². The average molecular weight is 292 g/mol. The molecule has 1 rings (SSSR count). The van der Waals surface area contributed by atoms with Crippen molar-refractivity contribution >= 4 is 17.8 Å². The lowest BCUT2D eigenvalue weighted by Gasteiger charge is -2.13. The lowest BCUT2D eigenvalue weighted by Crippen LogP contribution is -2.43. The molecular formula is C15H20N2O4. The van der Waals surface area contributed by atoms with E-state index in [-0.39, 0.29) is 0 Å². The number of nitrogens with one attached hydrogen (secondary N) is 1. The Kier molecular flexibility index (Phi) is 6.39. The Balaban J connectivity index is 2.69. The number of primary amides is 1. The standard InChI is InChI=1S/C15H20N2O4/c1-2-3-4-10-5-7-11(8-6-10)14(19)17-12(15(20)21)9-13(16)18/h5-8,12H,2-4,9H2,1H3,(H2,16,18)(H,17,19)(H,20,21)/t12-/m0/s1. The Morgan fingerprint density at radius 3 is 2.33 bits per heavy atom. The molecule has 0 aliphatic heterocycles. The summed E-state index contributed by atoms with van der Waals surface area (Å²) >= 11 is 0. The molecule has 0 saturated heterocycles. The van der Waals surface area contributed by atoms with Crippen LogP contribution in [0.3, 0.4) is 0 Å². The second-order valence-corrected chi connectivity index (χ2v) is 4.84. The zero-order valence-electron chi connectivity index (χ0n) is 12.0. The number of carbonyl (C=O) groups is 3. The van der Waals surface area contributed by atoms with Gasteiger partial charge in [0.1, 0.15) is 6.04 Å². The van der Waals surface area contributed by atoms with E-state index in [0.29, 0.717) is 5.56 Å². The summed E-state index contributed by atoms with van der Waals surface area (Å²) < 4.78 is 0. The molecule has 0 aromatic heterocycles. The minimum Gasteiger partial charge on any atom is -0.480 e. The molecule has 0 spiro atoms. The first-order valence-electron chi connectivity index (χ1n) is 6.85. The van der Waals surface area contributed by atoms with E-state index in [1.54, 1.807) is 12.1 Å². The smallest absolute Gasteiger partial charge is 0.326 e. The molecule has 1 aromatic rings. The maximum atomic E-state index is 11.9. The summed E-state index contributed by atoms with van der Waals surface area (Å²) in [6.07, 6.45) is 2.67. The van der Waals surface area contributed by atoms with Gasteiger partial charge in [0.15, 0.2) is 0 Å². The largest absolute Gasteiger partial charge is 0.480 e. The van der Waals surface area contributed by atoms with Crippen LogP contribution < -0.4 is 11.1 Å². The van der Waals surface area contributed by atoms with Crippen LogP contribution in [0.4, 0.5) is 0 Å². The minimum atomic E-state index is -1.31. The van der Waals surface area contributed by atoms with Crippen LogP contribution in [-0.2, 0) is 16.0 Å². The van der Waals surface area contributed by atoms with Crippen LogP contribution in [0.15, 0.2) is 24.3 Å². The molecule has 1 aromatic carbocycles. The zero-order chi connectivity index (χ0) is 15.8. The number of carboxylic acids is 1. The quantitative estimate of drug-likeness (QED) is 0.666. The average Bonchev–Trinajstić information content (AvgIpc) is 2.44. The van der Waals surface area contributed by atoms with Crippen molar-refractivity contribution in [1.29, 1.82) is 0 Å². The fraction of sp³-hybridized carbons (Fsp3) is 0.400. The van der Waals surface area contributed by atoms with Crippen molar-refractivity contribution in [2.75, 3.05) is 0 Å². The lowest BCUT2D eigenvalue weighted by atomic mass is 10.1. The normalized spacial score (nSPS) is 11.7. The van der Waals surface area contributed by atoms with Crippen LogP contribution in [-0.4, -0.2) is 28.9 Å². The van der Waals surface area contributed by atoms with E-state index in [9.17, 15) is 14.4 Å². The van der Waals surface area contributed by atoms with E-state index in [1.165, 1.54) is 0 Å². The predicted molar refractivity (Wildman–Crippen MR) is 77.8 cm³/mol. The molecule has 0 unspecified atom stereocenters. The molecule has 0 saturated carbocycles. The van der Waals surface area contributed by atoms with Crippen LogP contribution in [0.25, 0.3) is 0 Å². The van der Waals surface area contributed by atoms with Crippen LogP contribution in [0.1, 0.15) is 42.1 Å². The third-order valence-electron chi connectivity index (χ3n) is 3.04. The van der Waals surface area contributed by atoms with E-state index in [1.807, 2.05) is 12.1 Å². The molecule has 4 N–H and O–H groups in total. The van der Waals surface area contributed by atoms with Crippen molar-refractivity contribution in [2.45, 2.75) is 38.6 Å². The van der Waals surface area contributed by atoms with Gasteiger partial charge in [-0.15, -0.1) is 0 Å². The minimum absolute atomic E-state index is 0.353. The molecule has 0 radical (unpaired) electrons. The first kappa shape index (κ1) is 16.7. The molecule has 0 aliphatic rings. The number of aliphatic carboxylic acids is 1. The van der Waals surface area contributed by atoms with Gasteiger partial charge in [-0.05, 0) is 30.5 Å². The van der Waals surface area contributed by atoms with Crippen molar-refractivity contribution in [3.05, 3.63) is 35.4 Å². The SMILES string of the molecule is CCCCc1ccc(C(=O)N[C@@H](CC(N)=O)C(=O)O)cc1. The third-order valence-corrected chi connectivity index (χ3v) is 3.04. The Morgan fingerprint density at radius 1 is 1.24 bits per heavy atom. The van der Waals surface area contributed by atoms with E-state index in [0.717, 1.165) is 24.8 Å². The summed E-state index contributed by atoms with van der Waals surface area (Å²) in [6, 6.07) is 5.66. The van der Waals surface area contributed by atoms with Crippen LogP contribution in [0.5, 0.6) is 0 Å². The first-order chi connectivity index (χ1) is 9.93. The van der Waals surface area contributed by atoms with Gasteiger partial charge in [-0.2, -0.15) is 0 Å². The second-order valence-electron chi connectivity index (χ2n) is 4.84. The molecule has 2 amide bonds. The van der Waals surface area contributed by atoms with Crippen LogP contribution >= 0.6 is 0 Å². The molecule has 0 aliphatic carbocycles. The Bertz CT molecular complexity index is 511. The molecule has 0 heterocycles. The summed E-state index contributed by atoms with van der Waals surface area (Å²) in [5.74, 6) is -2.61. The Labute approximate surface area is 123 Å². The molecule has 6 heteroatoms. The molecule has 114 valence electrons. The van der Waals surface area contributed by atoms with Crippen molar-refractivity contribution < 1.29 is 19.5 Å². The van der Waals surface area contributed by atoms with Crippen LogP contribution in [0, 0.1) is 0 Å². The summed E-state index contributed by atoms with van der Waals surface area (Å²) in [4.78, 5) is 33.7. The number of hydrogen-bond donors (Lipinski definition) is 3. The van der Waals surface area contributed by atoms with Gasteiger partial charge in [0.25, 0.3) is 5.91 Å². The number of unbranched alkanes of at least 4 members (excludes halogenated alkanes) is 1. The highest BCUT2D eigenvalue weighted by Gasteiger charge is 2.22. The lowest BCUT2D eigenvalue weighted by molar-refractivity contribution is -0.140. The third kappa shape index (κ3) is 5.64. The molecule has 0 bridgehead atoms. The van der Waals surface area contributed by atoms with Crippen LogP contribution in [0.2, 0.25) is 0 Å². The van der Waals surface area contributed by atoms with E-state index < -0.39 is 30.2 Å². The van der Waals surface area contributed by atoms with Gasteiger partial charge in [0.2, 0.25) is 5.91 Å². The fourth-order valence-corrected chi connectivity index (χ4v) is 1.85. The monoisotopic (exact) mass is 292 g/mol. The summed E-state index contributed by atoms with van der Waals surface area (Å²) in [5.41, 5.74) is 6.44. The van der Waals surface area contributed by atoms with Gasteiger partial charge in [-0.3, -0.25) is 9.59 Å². The summed E-state index contributed by atoms with van der Waals surface area (Å²) in [7, 11) is 0. The van der Waals surface area contributed by atoms with Crippen molar-refractivity contribution in [1.82, 2.24) is 5.32 Å². The molecule has 0 fully saturated rings. The van der Waals surface area contributed by atoms with Crippen molar-refractivity contribution in [2.24, 2.45) is 5.73 Å². The number of rotatable bonds is 8. The molecular weight excluding hydrogens is 272 g/mol. The molecule has 1 atom stereocenters. The van der Waals surface area contributed by atoms with E-state index in [2.05, 4.69) is 12.2 Å². The molecule has 21 heavy (non-hydrogen) atoms. The Hall–Kier alpha value is -2.37. The zero-order valence-corrected chi connectivity index (χ0v) is 12.0. The maximum Gasteiger partial charge on any atom is 0.326 e. The van der Waals surface area contributed by atoms with Gasteiger partial charge in [-0.1, -0.05) is 25.5 Å². The molecule has 6 nitrogen and oxygen atoms in total. The van der Waals surface area contributed by atoms with Gasteiger partial charge in [-0.25, -0.2) is 4.79 Å². The van der Waals surface area contributed by atoms with Gasteiger partial charge in [0.05, 0.1) is 6.42 Å². The van der Waals surface area contributed by atoms with Gasteiger partial charge < -0.3 is 16.2 Å². The number of aryl methyl sites for hydroxylation is 1. The highest BCUT2D eigenvalue weighted by Crippen LogP contribution is 2.08.